The molecule has 0 saturated carbocycles. The second-order valence-electron chi connectivity index (χ2n) is 16.2. The van der Waals surface area contributed by atoms with E-state index in [4.69, 9.17) is 0 Å². The third-order valence-corrected chi connectivity index (χ3v) is 13.3. The Hall–Kier alpha value is -7.52. The number of benzene rings is 10. The fraction of sp³-hybridized carbons (Fsp3) is 0.0164. The van der Waals surface area contributed by atoms with E-state index in [2.05, 4.69) is 276 Å². The topological polar surface area (TPSA) is 3.24 Å². The average molecular weight is 869 g/mol. The van der Waals surface area contributed by atoms with Crippen molar-refractivity contribution >= 4 is 33.0 Å². The van der Waals surface area contributed by atoms with E-state index in [-0.39, 0.29) is 0 Å². The summed E-state index contributed by atoms with van der Waals surface area (Å²) in [6.07, 6.45) is 0. The lowest BCUT2D eigenvalue weighted by Gasteiger charge is -2.36. The molecule has 0 amide bonds. The Morgan fingerprint density at radius 3 is 1.32 bits per heavy atom. The third kappa shape index (κ3) is 6.81. The largest absolute Gasteiger partial charge is 0.310 e. The number of nitrogens with zero attached hydrogens (tertiary/aromatic N) is 1. The molecule has 1 aliphatic rings. The van der Waals surface area contributed by atoms with E-state index in [1.807, 2.05) is 0 Å². The predicted molar refractivity (Wildman–Crippen MR) is 268 cm³/mol. The quantitative estimate of drug-likeness (QED) is 0.140. The predicted octanol–water partition coefficient (Wildman–Crippen LogP) is 16.9. The first-order valence-electron chi connectivity index (χ1n) is 21.5. The maximum absolute atomic E-state index is 4.12. The van der Waals surface area contributed by atoms with Crippen LogP contribution in [0.5, 0.6) is 0 Å². The molecule has 0 radical (unpaired) electrons. The number of rotatable bonds is 9. The van der Waals surface area contributed by atoms with Gasteiger partial charge >= 0.3 is 0 Å². The summed E-state index contributed by atoms with van der Waals surface area (Å²) in [5, 5.41) is 0. The Balaban J connectivity index is 1.17. The summed E-state index contributed by atoms with van der Waals surface area (Å²) in [7, 11) is 0. The van der Waals surface area contributed by atoms with Crippen LogP contribution in [0.2, 0.25) is 0 Å². The van der Waals surface area contributed by atoms with Gasteiger partial charge in [-0.05, 0) is 121 Å². The average Bonchev–Trinajstić information content (AvgIpc) is 3.65. The van der Waals surface area contributed by atoms with Gasteiger partial charge in [0, 0.05) is 21.4 Å². The van der Waals surface area contributed by atoms with Gasteiger partial charge in [-0.1, -0.05) is 222 Å². The van der Waals surface area contributed by atoms with E-state index in [0.717, 1.165) is 27.1 Å². The van der Waals surface area contributed by atoms with Gasteiger partial charge in [-0.15, -0.1) is 0 Å². The maximum atomic E-state index is 4.12. The molecule has 10 aromatic rings. The Kier molecular flexibility index (Phi) is 10.00. The van der Waals surface area contributed by atoms with Gasteiger partial charge in [-0.25, -0.2) is 0 Å². The zero-order valence-corrected chi connectivity index (χ0v) is 36.2. The molecule has 0 heterocycles. The van der Waals surface area contributed by atoms with Gasteiger partial charge in [0.2, 0.25) is 0 Å². The molecule has 1 nitrogen and oxygen atoms in total. The normalized spacial score (nSPS) is 12.3. The van der Waals surface area contributed by atoms with Crippen molar-refractivity contribution in [3.05, 3.63) is 282 Å². The van der Waals surface area contributed by atoms with Crippen LogP contribution >= 0.6 is 15.9 Å². The molecule has 0 aromatic heterocycles. The molecule has 0 spiro atoms. The minimum Gasteiger partial charge on any atom is -0.310 e. The first-order chi connectivity index (χ1) is 31.2. The molecule has 0 N–H and O–H groups in total. The van der Waals surface area contributed by atoms with E-state index < -0.39 is 5.41 Å². The fourth-order valence-electron chi connectivity index (χ4n) is 9.75. The van der Waals surface area contributed by atoms with Gasteiger partial charge in [0.05, 0.1) is 11.1 Å². The second-order valence-corrected chi connectivity index (χ2v) is 17.0. The smallest absolute Gasteiger partial charge is 0.0725 e. The molecular formula is C61H42BrN. The summed E-state index contributed by atoms with van der Waals surface area (Å²) < 4.78 is 1.07. The monoisotopic (exact) mass is 867 g/mol. The van der Waals surface area contributed by atoms with E-state index in [1.54, 1.807) is 0 Å². The molecular weight excluding hydrogens is 827 g/mol. The van der Waals surface area contributed by atoms with Crippen LogP contribution < -0.4 is 4.90 Å². The molecule has 63 heavy (non-hydrogen) atoms. The molecule has 0 fully saturated rings. The number of hydrogen-bond donors (Lipinski definition) is 0. The fourth-order valence-corrected chi connectivity index (χ4v) is 10.3. The molecule has 0 atom stereocenters. The van der Waals surface area contributed by atoms with Crippen LogP contribution in [0.4, 0.5) is 17.1 Å². The number of anilines is 3. The lowest BCUT2D eigenvalue weighted by atomic mass is 9.67. The molecule has 1 aliphatic carbocycles. The van der Waals surface area contributed by atoms with Crippen LogP contribution in [0.3, 0.4) is 0 Å². The van der Waals surface area contributed by atoms with Crippen molar-refractivity contribution in [3.8, 4) is 55.6 Å². The van der Waals surface area contributed by atoms with Crippen molar-refractivity contribution in [2.45, 2.75) is 5.41 Å². The zero-order valence-electron chi connectivity index (χ0n) is 34.6. The van der Waals surface area contributed by atoms with Gasteiger partial charge in [0.25, 0.3) is 0 Å². The number of halogens is 1. The zero-order chi connectivity index (χ0) is 42.2. The van der Waals surface area contributed by atoms with E-state index >= 15 is 0 Å². The van der Waals surface area contributed by atoms with E-state index in [1.165, 1.54) is 72.3 Å². The molecule has 11 rings (SSSR count). The highest BCUT2D eigenvalue weighted by molar-refractivity contribution is 9.10. The molecule has 10 aromatic carbocycles. The first-order valence-corrected chi connectivity index (χ1v) is 22.3. The van der Waals surface area contributed by atoms with Gasteiger partial charge in [0.1, 0.15) is 0 Å². The summed E-state index contributed by atoms with van der Waals surface area (Å²) in [5.74, 6) is 0. The van der Waals surface area contributed by atoms with Crippen molar-refractivity contribution < 1.29 is 0 Å². The molecule has 0 bridgehead atoms. The van der Waals surface area contributed by atoms with Crippen molar-refractivity contribution in [2.75, 3.05) is 4.90 Å². The van der Waals surface area contributed by atoms with E-state index in [0.29, 0.717) is 0 Å². The first kappa shape index (κ1) is 38.4. The highest BCUT2D eigenvalue weighted by Gasteiger charge is 2.47. The lowest BCUT2D eigenvalue weighted by Crippen LogP contribution is -2.29. The Morgan fingerprint density at radius 2 is 0.746 bits per heavy atom. The van der Waals surface area contributed by atoms with Crippen molar-refractivity contribution in [1.29, 1.82) is 0 Å². The van der Waals surface area contributed by atoms with Gasteiger partial charge < -0.3 is 4.90 Å². The number of fused-ring (bicyclic) bond motifs is 3. The number of para-hydroxylation sites is 1. The van der Waals surface area contributed by atoms with Crippen LogP contribution in [0.25, 0.3) is 55.6 Å². The molecule has 0 saturated heterocycles. The Labute approximate surface area is 378 Å². The number of hydrogen-bond acceptors (Lipinski definition) is 1. The highest BCUT2D eigenvalue weighted by Crippen LogP contribution is 2.59. The molecule has 0 unspecified atom stereocenters. The van der Waals surface area contributed by atoms with Gasteiger partial charge in [-0.3, -0.25) is 0 Å². The summed E-state index contributed by atoms with van der Waals surface area (Å²) >= 11 is 4.12. The Bertz CT molecular complexity index is 3120. The third-order valence-electron chi connectivity index (χ3n) is 12.6. The van der Waals surface area contributed by atoms with E-state index in [9.17, 15) is 0 Å². The van der Waals surface area contributed by atoms with Crippen molar-refractivity contribution in [2.24, 2.45) is 0 Å². The van der Waals surface area contributed by atoms with Gasteiger partial charge in [-0.2, -0.15) is 0 Å². The van der Waals surface area contributed by atoms with Crippen LogP contribution in [0, 0.1) is 0 Å². The molecule has 2 heteroatoms. The highest BCUT2D eigenvalue weighted by atomic mass is 79.9. The van der Waals surface area contributed by atoms with Crippen LogP contribution in [-0.2, 0) is 5.41 Å². The second kappa shape index (κ2) is 16.4. The summed E-state index contributed by atoms with van der Waals surface area (Å²) in [6.45, 7) is 0. The van der Waals surface area contributed by atoms with Gasteiger partial charge in [0.15, 0.2) is 0 Å². The standard InChI is InChI=1S/C61H42BrN/c62-59-30-15-14-29-58(59)61(56-38-34-48(44-20-7-2-8-21-44)40-54(56)55-41-49(35-39-57(55)61)45-22-9-3-10-23-45)50-26-17-27-52(42-50)63(51-36-32-46(33-37-51)43-18-5-1-6-19-43)60-31-16-13-28-53(60)47-24-11-4-12-25-47/h1-42H. The maximum Gasteiger partial charge on any atom is 0.0725 e. The molecule has 0 aliphatic heterocycles. The SMILES string of the molecule is Brc1ccccc1C1(c2cccc(N(c3ccc(-c4ccccc4)cc3)c3ccccc3-c3ccccc3)c2)c2ccc(-c3ccccc3)cc2-c2cc(-c3ccccc3)ccc21. The molecule has 298 valence electrons. The minimum absolute atomic E-state index is 0.660. The summed E-state index contributed by atoms with van der Waals surface area (Å²) in [5.41, 5.74) is 19.5. The minimum atomic E-state index is -0.660. The van der Waals surface area contributed by atoms with Crippen LogP contribution in [-0.4, -0.2) is 0 Å². The Morgan fingerprint density at radius 1 is 0.286 bits per heavy atom. The van der Waals surface area contributed by atoms with Crippen molar-refractivity contribution in [1.82, 2.24) is 0 Å². The van der Waals surface area contributed by atoms with Crippen molar-refractivity contribution in [3.63, 3.8) is 0 Å². The summed E-state index contributed by atoms with van der Waals surface area (Å²) in [4.78, 5) is 2.43. The summed E-state index contributed by atoms with van der Waals surface area (Å²) in [6, 6.07) is 92.9. The lowest BCUT2D eigenvalue weighted by molar-refractivity contribution is 0.764. The van der Waals surface area contributed by atoms with Crippen LogP contribution in [0.1, 0.15) is 22.3 Å². The van der Waals surface area contributed by atoms with Crippen LogP contribution in [0.15, 0.2) is 259 Å².